The van der Waals surface area contributed by atoms with Crippen LogP contribution in [0.25, 0.3) is 0 Å². The molecule has 0 radical (unpaired) electrons. The topological polar surface area (TPSA) is 38.3 Å². The lowest BCUT2D eigenvalue weighted by Gasteiger charge is -2.21. The first-order valence-electron chi connectivity index (χ1n) is 6.16. The molecule has 0 aromatic heterocycles. The van der Waals surface area contributed by atoms with Gasteiger partial charge in [0.2, 0.25) is 0 Å². The maximum atomic E-state index is 12.0. The Morgan fingerprint density at radius 3 is 2.53 bits per heavy atom. The summed E-state index contributed by atoms with van der Waals surface area (Å²) in [6, 6.07) is 6.05. The molecule has 1 fully saturated rings. The number of hydrogen-bond acceptors (Lipinski definition) is 2. The van der Waals surface area contributed by atoms with Crippen molar-refractivity contribution >= 4 is 11.6 Å². The molecule has 1 aliphatic heterocycles. The molecule has 2 rings (SSSR count). The first-order chi connectivity index (χ1) is 8.15. The molecule has 3 heteroatoms. The van der Waals surface area contributed by atoms with Crippen LogP contribution in [0, 0.1) is 13.8 Å². The molecule has 0 aliphatic carbocycles. The van der Waals surface area contributed by atoms with Gasteiger partial charge in [-0.25, -0.2) is 0 Å². The maximum absolute atomic E-state index is 12.0. The lowest BCUT2D eigenvalue weighted by Crippen LogP contribution is -2.33. The van der Waals surface area contributed by atoms with Gasteiger partial charge in [-0.15, -0.1) is 0 Å². The van der Waals surface area contributed by atoms with E-state index in [1.54, 1.807) is 0 Å². The number of nitrogens with one attached hydrogen (secondary N) is 1. The van der Waals surface area contributed by atoms with Crippen molar-refractivity contribution in [2.24, 2.45) is 0 Å². The Labute approximate surface area is 102 Å². The second kappa shape index (κ2) is 5.32. The highest BCUT2D eigenvalue weighted by Crippen LogP contribution is 2.17. The first kappa shape index (κ1) is 12.1. The van der Waals surface area contributed by atoms with Gasteiger partial charge in [-0.1, -0.05) is 6.07 Å². The molecule has 1 amide bonds. The number of anilines is 1. The van der Waals surface area contributed by atoms with E-state index >= 15 is 0 Å². The third kappa shape index (κ3) is 3.30. The Balaban J connectivity index is 2.01. The quantitative estimate of drug-likeness (QED) is 0.853. The van der Waals surface area contributed by atoms with Crippen molar-refractivity contribution in [3.05, 3.63) is 29.3 Å². The molecule has 0 spiro atoms. The summed E-state index contributed by atoms with van der Waals surface area (Å²) in [4.78, 5) is 12.0. The molecule has 1 aromatic rings. The molecule has 3 nitrogen and oxygen atoms in total. The average molecular weight is 233 g/mol. The molecule has 0 bridgehead atoms. The van der Waals surface area contributed by atoms with Gasteiger partial charge in [-0.3, -0.25) is 4.79 Å². The SMILES string of the molecule is Cc1cc(C)cc(NC(=O)C2CCCCO2)c1. The van der Waals surface area contributed by atoms with Crippen LogP contribution in [0.2, 0.25) is 0 Å². The molecule has 92 valence electrons. The number of benzene rings is 1. The van der Waals surface area contributed by atoms with Crippen molar-refractivity contribution in [3.63, 3.8) is 0 Å². The molecular formula is C14H19NO2. The van der Waals surface area contributed by atoms with Crippen LogP contribution in [0.3, 0.4) is 0 Å². The van der Waals surface area contributed by atoms with Crippen LogP contribution in [0.4, 0.5) is 5.69 Å². The normalized spacial score (nSPS) is 20.0. The lowest BCUT2D eigenvalue weighted by atomic mass is 10.1. The third-order valence-corrected chi connectivity index (χ3v) is 2.96. The van der Waals surface area contributed by atoms with Gasteiger partial charge in [0.1, 0.15) is 6.10 Å². The summed E-state index contributed by atoms with van der Waals surface area (Å²) in [6.07, 6.45) is 2.69. The molecular weight excluding hydrogens is 214 g/mol. The zero-order valence-corrected chi connectivity index (χ0v) is 10.5. The number of aryl methyl sites for hydroxylation is 2. The molecule has 1 N–H and O–H groups in total. The molecule has 17 heavy (non-hydrogen) atoms. The van der Waals surface area contributed by atoms with E-state index in [9.17, 15) is 4.79 Å². The van der Waals surface area contributed by atoms with Gasteiger partial charge >= 0.3 is 0 Å². The summed E-state index contributed by atoms with van der Waals surface area (Å²) in [7, 11) is 0. The van der Waals surface area contributed by atoms with E-state index in [0.717, 1.165) is 36.1 Å². The van der Waals surface area contributed by atoms with Crippen LogP contribution in [0.5, 0.6) is 0 Å². The minimum atomic E-state index is -0.274. The minimum Gasteiger partial charge on any atom is -0.368 e. The maximum Gasteiger partial charge on any atom is 0.253 e. The standard InChI is InChI=1S/C14H19NO2/c1-10-7-11(2)9-12(8-10)15-14(16)13-5-3-4-6-17-13/h7-9,13H,3-6H2,1-2H3,(H,15,16). The molecule has 1 saturated heterocycles. The van der Waals surface area contributed by atoms with Crippen molar-refractivity contribution in [2.75, 3.05) is 11.9 Å². The van der Waals surface area contributed by atoms with E-state index in [-0.39, 0.29) is 12.0 Å². The molecule has 1 aliphatic rings. The van der Waals surface area contributed by atoms with Gasteiger partial charge in [-0.2, -0.15) is 0 Å². The molecule has 1 atom stereocenters. The predicted octanol–water partition coefficient (Wildman–Crippen LogP) is 2.81. The van der Waals surface area contributed by atoms with Gasteiger partial charge < -0.3 is 10.1 Å². The fraction of sp³-hybridized carbons (Fsp3) is 0.500. The van der Waals surface area contributed by atoms with Gasteiger partial charge in [0, 0.05) is 12.3 Å². The molecule has 1 aromatic carbocycles. The summed E-state index contributed by atoms with van der Waals surface area (Å²) in [5, 5.41) is 2.93. The second-order valence-electron chi connectivity index (χ2n) is 4.72. The second-order valence-corrected chi connectivity index (χ2v) is 4.72. The first-order valence-corrected chi connectivity index (χ1v) is 6.16. The van der Waals surface area contributed by atoms with Crippen LogP contribution < -0.4 is 5.32 Å². The van der Waals surface area contributed by atoms with Crippen LogP contribution >= 0.6 is 0 Å². The number of carbonyl (C=O) groups excluding carboxylic acids is 1. The highest BCUT2D eigenvalue weighted by Gasteiger charge is 2.21. The van der Waals surface area contributed by atoms with E-state index in [4.69, 9.17) is 4.74 Å². The zero-order chi connectivity index (χ0) is 12.3. The lowest BCUT2D eigenvalue weighted by molar-refractivity contribution is -0.129. The largest absolute Gasteiger partial charge is 0.368 e. The highest BCUT2D eigenvalue weighted by molar-refractivity contribution is 5.94. The van der Waals surface area contributed by atoms with Crippen molar-refractivity contribution in [3.8, 4) is 0 Å². The van der Waals surface area contributed by atoms with Crippen molar-refractivity contribution in [2.45, 2.75) is 39.2 Å². The van der Waals surface area contributed by atoms with Crippen molar-refractivity contribution in [1.29, 1.82) is 0 Å². The van der Waals surface area contributed by atoms with E-state index in [1.165, 1.54) is 0 Å². The molecule has 0 saturated carbocycles. The number of amides is 1. The highest BCUT2D eigenvalue weighted by atomic mass is 16.5. The number of rotatable bonds is 2. The Kier molecular flexibility index (Phi) is 3.79. The summed E-state index contributed by atoms with van der Waals surface area (Å²) >= 11 is 0. The predicted molar refractivity (Wildman–Crippen MR) is 68.1 cm³/mol. The number of carbonyl (C=O) groups is 1. The smallest absolute Gasteiger partial charge is 0.253 e. The minimum absolute atomic E-state index is 0.0188. The number of hydrogen-bond donors (Lipinski definition) is 1. The van der Waals surface area contributed by atoms with E-state index < -0.39 is 0 Å². The zero-order valence-electron chi connectivity index (χ0n) is 10.5. The third-order valence-electron chi connectivity index (χ3n) is 2.96. The van der Waals surface area contributed by atoms with Gasteiger partial charge in [0.25, 0.3) is 5.91 Å². The fourth-order valence-electron chi connectivity index (χ4n) is 2.22. The van der Waals surface area contributed by atoms with E-state index in [2.05, 4.69) is 11.4 Å². The molecule has 1 heterocycles. The van der Waals surface area contributed by atoms with Crippen LogP contribution in [-0.2, 0) is 9.53 Å². The Bertz CT molecular complexity index is 388. The van der Waals surface area contributed by atoms with E-state index in [0.29, 0.717) is 6.61 Å². The number of ether oxygens (including phenoxy) is 1. The summed E-state index contributed by atoms with van der Waals surface area (Å²) in [5.41, 5.74) is 3.18. The van der Waals surface area contributed by atoms with Crippen molar-refractivity contribution < 1.29 is 9.53 Å². The summed E-state index contributed by atoms with van der Waals surface area (Å²) in [6.45, 7) is 4.75. The Morgan fingerprint density at radius 2 is 1.94 bits per heavy atom. The average Bonchev–Trinajstić information content (AvgIpc) is 2.28. The molecule has 1 unspecified atom stereocenters. The van der Waals surface area contributed by atoms with Gasteiger partial charge in [0.05, 0.1) is 0 Å². The van der Waals surface area contributed by atoms with E-state index in [1.807, 2.05) is 26.0 Å². The van der Waals surface area contributed by atoms with Gasteiger partial charge in [-0.05, 0) is 56.4 Å². The summed E-state index contributed by atoms with van der Waals surface area (Å²) in [5.74, 6) is -0.0188. The Hall–Kier alpha value is -1.35. The summed E-state index contributed by atoms with van der Waals surface area (Å²) < 4.78 is 5.46. The van der Waals surface area contributed by atoms with Gasteiger partial charge in [0.15, 0.2) is 0 Å². The van der Waals surface area contributed by atoms with Crippen LogP contribution in [-0.4, -0.2) is 18.6 Å². The monoisotopic (exact) mass is 233 g/mol. The van der Waals surface area contributed by atoms with Crippen molar-refractivity contribution in [1.82, 2.24) is 0 Å². The fourth-order valence-corrected chi connectivity index (χ4v) is 2.22. The van der Waals surface area contributed by atoms with Crippen LogP contribution in [0.15, 0.2) is 18.2 Å². The van der Waals surface area contributed by atoms with Crippen LogP contribution in [0.1, 0.15) is 30.4 Å². The Morgan fingerprint density at radius 1 is 1.24 bits per heavy atom.